The van der Waals surface area contributed by atoms with E-state index in [0.29, 0.717) is 12.1 Å². The number of carbonyl (C=O) groups excluding carboxylic acids is 1. The van der Waals surface area contributed by atoms with E-state index in [1.807, 2.05) is 18.9 Å². The molecule has 0 aliphatic carbocycles. The number of hydrogen-bond donors (Lipinski definition) is 0. The zero-order chi connectivity index (χ0) is 7.28. The number of carbonyl (C=O) groups is 1. The summed E-state index contributed by atoms with van der Waals surface area (Å²) in [5.41, 5.74) is 0.638. The summed E-state index contributed by atoms with van der Waals surface area (Å²) < 4.78 is 0. The summed E-state index contributed by atoms with van der Waals surface area (Å²) in [6, 6.07) is 0. The summed E-state index contributed by atoms with van der Waals surface area (Å²) in [5.74, 6) is 0. The smallest absolute Gasteiger partial charge is 0.146 e. The Hall–Kier alpha value is -0.630. The molecular weight excluding hydrogens is 114 g/mol. The highest BCUT2D eigenvalue weighted by molar-refractivity contribution is 5.72. The van der Waals surface area contributed by atoms with Crippen LogP contribution in [0.4, 0.5) is 0 Å². The standard InChI is InChI=1S/C7H13NO/c1-4-8(3)5-7(2)6-9/h6H,2,4-5H2,1,3H3. The van der Waals surface area contributed by atoms with Gasteiger partial charge in [0.1, 0.15) is 6.29 Å². The molecule has 0 N–H and O–H groups in total. The lowest BCUT2D eigenvalue weighted by atomic mass is 10.3. The van der Waals surface area contributed by atoms with Crippen molar-refractivity contribution in [3.05, 3.63) is 12.2 Å². The number of likely N-dealkylation sites (N-methyl/N-ethyl adjacent to an activating group) is 1. The van der Waals surface area contributed by atoms with Crippen molar-refractivity contribution in [3.8, 4) is 0 Å². The maximum Gasteiger partial charge on any atom is 0.146 e. The molecule has 9 heavy (non-hydrogen) atoms. The van der Waals surface area contributed by atoms with Gasteiger partial charge in [-0.3, -0.25) is 4.79 Å². The van der Waals surface area contributed by atoms with Crippen molar-refractivity contribution in [1.82, 2.24) is 4.90 Å². The Morgan fingerprint density at radius 3 is 2.67 bits per heavy atom. The second-order valence-electron chi connectivity index (χ2n) is 2.11. The molecule has 2 nitrogen and oxygen atoms in total. The zero-order valence-corrected chi connectivity index (χ0v) is 6.05. The molecule has 0 unspecified atom stereocenters. The molecule has 0 aliphatic heterocycles. The fraction of sp³-hybridized carbons (Fsp3) is 0.571. The minimum atomic E-state index is 0.638. The minimum absolute atomic E-state index is 0.638. The lowest BCUT2D eigenvalue weighted by molar-refractivity contribution is -0.105. The Kier molecular flexibility index (Phi) is 3.97. The average Bonchev–Trinajstić information content (AvgIpc) is 1.87. The first-order chi connectivity index (χ1) is 4.20. The molecule has 0 amide bonds. The Bertz CT molecular complexity index is 109. The highest BCUT2D eigenvalue weighted by Gasteiger charge is 1.94. The van der Waals surface area contributed by atoms with E-state index in [1.54, 1.807) is 0 Å². The van der Waals surface area contributed by atoms with Gasteiger partial charge in [-0.05, 0) is 19.2 Å². The second kappa shape index (κ2) is 4.27. The summed E-state index contributed by atoms with van der Waals surface area (Å²) in [6.07, 6.45) is 0.798. The van der Waals surface area contributed by atoms with Gasteiger partial charge in [-0.1, -0.05) is 13.5 Å². The van der Waals surface area contributed by atoms with Crippen LogP contribution in [0.25, 0.3) is 0 Å². The van der Waals surface area contributed by atoms with Crippen LogP contribution < -0.4 is 0 Å². The highest BCUT2D eigenvalue weighted by atomic mass is 16.1. The van der Waals surface area contributed by atoms with Crippen molar-refractivity contribution in [2.75, 3.05) is 20.1 Å². The molecule has 0 fully saturated rings. The third kappa shape index (κ3) is 3.91. The summed E-state index contributed by atoms with van der Waals surface area (Å²) in [4.78, 5) is 12.1. The van der Waals surface area contributed by atoms with Crippen LogP contribution in [0.1, 0.15) is 6.92 Å². The maximum absolute atomic E-state index is 10.0. The molecule has 0 aromatic carbocycles. The van der Waals surface area contributed by atoms with Crippen LogP contribution in [-0.2, 0) is 4.79 Å². The third-order valence-electron chi connectivity index (χ3n) is 1.18. The van der Waals surface area contributed by atoms with Crippen LogP contribution in [0.15, 0.2) is 12.2 Å². The van der Waals surface area contributed by atoms with Crippen molar-refractivity contribution in [3.63, 3.8) is 0 Å². The molecule has 0 bridgehead atoms. The van der Waals surface area contributed by atoms with E-state index in [-0.39, 0.29) is 0 Å². The van der Waals surface area contributed by atoms with E-state index in [4.69, 9.17) is 0 Å². The van der Waals surface area contributed by atoms with Crippen molar-refractivity contribution < 1.29 is 4.79 Å². The van der Waals surface area contributed by atoms with Crippen molar-refractivity contribution in [2.24, 2.45) is 0 Å². The van der Waals surface area contributed by atoms with Crippen molar-refractivity contribution in [2.45, 2.75) is 6.92 Å². The van der Waals surface area contributed by atoms with Gasteiger partial charge in [0.25, 0.3) is 0 Å². The summed E-state index contributed by atoms with van der Waals surface area (Å²) in [7, 11) is 1.95. The second-order valence-corrected chi connectivity index (χ2v) is 2.11. The molecule has 0 saturated carbocycles. The van der Waals surface area contributed by atoms with Gasteiger partial charge in [-0.25, -0.2) is 0 Å². The largest absolute Gasteiger partial charge is 0.302 e. The summed E-state index contributed by atoms with van der Waals surface area (Å²) >= 11 is 0. The molecule has 0 atom stereocenters. The lowest BCUT2D eigenvalue weighted by Crippen LogP contribution is -2.20. The first kappa shape index (κ1) is 8.37. The van der Waals surface area contributed by atoms with Crippen LogP contribution in [0, 0.1) is 0 Å². The molecule has 52 valence electrons. The summed E-state index contributed by atoms with van der Waals surface area (Å²) in [5, 5.41) is 0. The number of nitrogens with zero attached hydrogens (tertiary/aromatic N) is 1. The minimum Gasteiger partial charge on any atom is -0.302 e. The monoisotopic (exact) mass is 127 g/mol. The SMILES string of the molecule is C=C(C=O)CN(C)CC. The Morgan fingerprint density at radius 1 is 1.78 bits per heavy atom. The molecule has 0 aromatic rings. The van der Waals surface area contributed by atoms with E-state index in [9.17, 15) is 4.79 Å². The maximum atomic E-state index is 10.0. The van der Waals surface area contributed by atoms with Crippen LogP contribution in [-0.4, -0.2) is 31.3 Å². The molecule has 2 heteroatoms. The Balaban J connectivity index is 3.46. The van der Waals surface area contributed by atoms with Gasteiger partial charge in [0.2, 0.25) is 0 Å². The molecule has 0 heterocycles. The Morgan fingerprint density at radius 2 is 2.33 bits per heavy atom. The average molecular weight is 127 g/mol. The number of rotatable bonds is 4. The predicted octanol–water partition coefficient (Wildman–Crippen LogP) is 0.693. The molecule has 0 spiro atoms. The molecular formula is C7H13NO. The van der Waals surface area contributed by atoms with E-state index in [0.717, 1.165) is 12.8 Å². The first-order valence-electron chi connectivity index (χ1n) is 3.02. The van der Waals surface area contributed by atoms with E-state index < -0.39 is 0 Å². The van der Waals surface area contributed by atoms with Gasteiger partial charge in [-0.15, -0.1) is 0 Å². The van der Waals surface area contributed by atoms with Gasteiger partial charge in [0.05, 0.1) is 0 Å². The third-order valence-corrected chi connectivity index (χ3v) is 1.18. The first-order valence-corrected chi connectivity index (χ1v) is 3.02. The zero-order valence-electron chi connectivity index (χ0n) is 6.05. The van der Waals surface area contributed by atoms with Gasteiger partial charge < -0.3 is 4.90 Å². The van der Waals surface area contributed by atoms with Crippen LogP contribution >= 0.6 is 0 Å². The van der Waals surface area contributed by atoms with Gasteiger partial charge in [-0.2, -0.15) is 0 Å². The van der Waals surface area contributed by atoms with E-state index >= 15 is 0 Å². The molecule has 0 aromatic heterocycles. The normalized spacial score (nSPS) is 9.67. The predicted molar refractivity (Wildman–Crippen MR) is 38.4 cm³/mol. The van der Waals surface area contributed by atoms with Crippen LogP contribution in [0.5, 0.6) is 0 Å². The van der Waals surface area contributed by atoms with E-state index in [1.165, 1.54) is 0 Å². The van der Waals surface area contributed by atoms with Crippen LogP contribution in [0.3, 0.4) is 0 Å². The summed E-state index contributed by atoms with van der Waals surface area (Å²) in [6.45, 7) is 7.22. The van der Waals surface area contributed by atoms with Gasteiger partial charge in [0, 0.05) is 6.54 Å². The van der Waals surface area contributed by atoms with E-state index in [2.05, 4.69) is 6.58 Å². The fourth-order valence-electron chi connectivity index (χ4n) is 0.496. The van der Waals surface area contributed by atoms with Crippen LogP contribution in [0.2, 0.25) is 0 Å². The molecule has 0 rings (SSSR count). The molecule has 0 radical (unpaired) electrons. The molecule has 0 saturated heterocycles. The lowest BCUT2D eigenvalue weighted by Gasteiger charge is -2.11. The number of hydrogen-bond acceptors (Lipinski definition) is 2. The fourth-order valence-corrected chi connectivity index (χ4v) is 0.496. The molecule has 0 aliphatic rings. The van der Waals surface area contributed by atoms with Gasteiger partial charge >= 0.3 is 0 Å². The quantitative estimate of drug-likeness (QED) is 0.409. The Labute approximate surface area is 56.2 Å². The van der Waals surface area contributed by atoms with Crippen molar-refractivity contribution >= 4 is 6.29 Å². The topological polar surface area (TPSA) is 20.3 Å². The van der Waals surface area contributed by atoms with Gasteiger partial charge in [0.15, 0.2) is 0 Å². The highest BCUT2D eigenvalue weighted by Crippen LogP contribution is 1.88. The number of aldehydes is 1. The van der Waals surface area contributed by atoms with Crippen molar-refractivity contribution in [1.29, 1.82) is 0 Å².